The number of fused-ring (bicyclic) bond motifs is 1. The van der Waals surface area contributed by atoms with E-state index >= 15 is 0 Å². The van der Waals surface area contributed by atoms with Gasteiger partial charge in [0.25, 0.3) is 11.9 Å². The van der Waals surface area contributed by atoms with Crippen LogP contribution in [0.15, 0.2) is 47.0 Å². The number of halogens is 1. The van der Waals surface area contributed by atoms with Crippen LogP contribution in [0.25, 0.3) is 11.2 Å². The summed E-state index contributed by atoms with van der Waals surface area (Å²) in [6.07, 6.45) is 3.54. The fraction of sp³-hybridized carbons (Fsp3) is 0.278. The molecule has 3 aromatic rings. The summed E-state index contributed by atoms with van der Waals surface area (Å²) in [5.74, 6) is -0.156. The number of piperidine rings is 1. The second-order valence-electron chi connectivity index (χ2n) is 6.06. The Hall–Kier alpha value is -2.60. The molecular weight excluding hydrogens is 340 g/mol. The lowest BCUT2D eigenvalue weighted by molar-refractivity contribution is 0.0933. The molecule has 1 amide bonds. The van der Waals surface area contributed by atoms with Gasteiger partial charge in [0.15, 0.2) is 5.58 Å². The minimum atomic E-state index is -0.156. The van der Waals surface area contributed by atoms with Crippen LogP contribution >= 0.6 is 11.6 Å². The maximum atomic E-state index is 12.5. The van der Waals surface area contributed by atoms with Crippen LogP contribution in [0, 0.1) is 0 Å². The Bertz CT molecular complexity index is 878. The molecule has 0 saturated carbocycles. The van der Waals surface area contributed by atoms with Gasteiger partial charge >= 0.3 is 0 Å². The van der Waals surface area contributed by atoms with E-state index in [-0.39, 0.29) is 11.9 Å². The van der Waals surface area contributed by atoms with E-state index in [0.717, 1.165) is 19.4 Å². The van der Waals surface area contributed by atoms with Crippen molar-refractivity contribution < 1.29 is 9.21 Å². The van der Waals surface area contributed by atoms with Gasteiger partial charge in [-0.2, -0.15) is 4.98 Å². The summed E-state index contributed by atoms with van der Waals surface area (Å²) in [7, 11) is 0. The molecule has 0 radical (unpaired) electrons. The van der Waals surface area contributed by atoms with Crippen molar-refractivity contribution in [1.29, 1.82) is 0 Å². The molecule has 3 heterocycles. The first-order valence-electron chi connectivity index (χ1n) is 8.22. The number of rotatable bonds is 3. The van der Waals surface area contributed by atoms with Gasteiger partial charge in [-0.15, -0.1) is 0 Å². The lowest BCUT2D eigenvalue weighted by Gasteiger charge is -2.32. The third-order valence-corrected chi connectivity index (χ3v) is 4.63. The summed E-state index contributed by atoms with van der Waals surface area (Å²) in [4.78, 5) is 23.1. The Balaban J connectivity index is 1.47. The summed E-state index contributed by atoms with van der Waals surface area (Å²) >= 11 is 6.10. The highest BCUT2D eigenvalue weighted by molar-refractivity contribution is 6.33. The van der Waals surface area contributed by atoms with Crippen molar-refractivity contribution in [3.8, 4) is 0 Å². The molecule has 4 rings (SSSR count). The van der Waals surface area contributed by atoms with Crippen LogP contribution in [0.1, 0.15) is 23.2 Å². The van der Waals surface area contributed by atoms with Crippen molar-refractivity contribution >= 4 is 34.8 Å². The molecule has 6 nitrogen and oxygen atoms in total. The molecule has 1 atom stereocenters. The first-order chi connectivity index (χ1) is 12.2. The third kappa shape index (κ3) is 3.30. The average molecular weight is 357 g/mol. The van der Waals surface area contributed by atoms with Crippen LogP contribution in [0.2, 0.25) is 5.02 Å². The molecule has 2 aromatic heterocycles. The minimum Gasteiger partial charge on any atom is -0.422 e. The van der Waals surface area contributed by atoms with Crippen molar-refractivity contribution in [3.05, 3.63) is 53.2 Å². The van der Waals surface area contributed by atoms with E-state index in [0.29, 0.717) is 34.4 Å². The zero-order valence-corrected chi connectivity index (χ0v) is 14.2. The largest absolute Gasteiger partial charge is 0.422 e. The molecule has 7 heteroatoms. The quantitative estimate of drug-likeness (QED) is 0.779. The lowest BCUT2D eigenvalue weighted by Crippen LogP contribution is -2.48. The zero-order chi connectivity index (χ0) is 17.2. The second-order valence-corrected chi connectivity index (χ2v) is 6.47. The van der Waals surface area contributed by atoms with Crippen LogP contribution < -0.4 is 10.2 Å². The highest BCUT2D eigenvalue weighted by atomic mass is 35.5. The van der Waals surface area contributed by atoms with Crippen LogP contribution in [0.4, 0.5) is 6.01 Å². The highest BCUT2D eigenvalue weighted by Gasteiger charge is 2.25. The van der Waals surface area contributed by atoms with E-state index in [1.54, 1.807) is 24.4 Å². The van der Waals surface area contributed by atoms with E-state index in [1.807, 2.05) is 23.1 Å². The van der Waals surface area contributed by atoms with E-state index < -0.39 is 0 Å². The number of amides is 1. The molecule has 1 saturated heterocycles. The van der Waals surface area contributed by atoms with Gasteiger partial charge in [0.2, 0.25) is 5.65 Å². The molecule has 25 heavy (non-hydrogen) atoms. The summed E-state index contributed by atoms with van der Waals surface area (Å²) in [6.45, 7) is 1.48. The smallest absolute Gasteiger partial charge is 0.300 e. The topological polar surface area (TPSA) is 71.3 Å². The molecule has 128 valence electrons. The van der Waals surface area contributed by atoms with Gasteiger partial charge in [0, 0.05) is 25.3 Å². The number of nitrogens with one attached hydrogen (secondary N) is 1. The fourth-order valence-electron chi connectivity index (χ4n) is 3.07. The van der Waals surface area contributed by atoms with Crippen molar-refractivity contribution in [1.82, 2.24) is 15.3 Å². The first kappa shape index (κ1) is 15.9. The number of anilines is 1. The SMILES string of the molecule is O=C(NC1CCCN(c2nc3ncccc3o2)C1)c1ccccc1Cl. The van der Waals surface area contributed by atoms with Crippen molar-refractivity contribution in [2.75, 3.05) is 18.0 Å². The van der Waals surface area contributed by atoms with Gasteiger partial charge in [-0.1, -0.05) is 23.7 Å². The highest BCUT2D eigenvalue weighted by Crippen LogP contribution is 2.23. The van der Waals surface area contributed by atoms with Crippen molar-refractivity contribution in [2.24, 2.45) is 0 Å². The second kappa shape index (κ2) is 6.72. The lowest BCUT2D eigenvalue weighted by atomic mass is 10.1. The monoisotopic (exact) mass is 356 g/mol. The molecule has 0 aliphatic carbocycles. The van der Waals surface area contributed by atoms with Crippen LogP contribution in [-0.4, -0.2) is 35.0 Å². The molecule has 1 aliphatic heterocycles. The standard InChI is InChI=1S/C18H17ClN4O2/c19-14-7-2-1-6-13(14)17(24)21-12-5-4-10-23(11-12)18-22-16-15(25-18)8-3-9-20-16/h1-3,6-9,12H,4-5,10-11H2,(H,21,24). The predicted molar refractivity (Wildman–Crippen MR) is 96.0 cm³/mol. The maximum Gasteiger partial charge on any atom is 0.300 e. The zero-order valence-electron chi connectivity index (χ0n) is 13.5. The number of carbonyl (C=O) groups excluding carboxylic acids is 1. The Labute approximate surface area is 149 Å². The first-order valence-corrected chi connectivity index (χ1v) is 8.60. The summed E-state index contributed by atoms with van der Waals surface area (Å²) in [6, 6.07) is 11.3. The van der Waals surface area contributed by atoms with Gasteiger partial charge in [-0.25, -0.2) is 4.98 Å². The van der Waals surface area contributed by atoms with E-state index in [2.05, 4.69) is 15.3 Å². The fourth-order valence-corrected chi connectivity index (χ4v) is 3.29. The Morgan fingerprint density at radius 3 is 3.00 bits per heavy atom. The normalized spacial score (nSPS) is 17.6. The number of pyridine rings is 1. The van der Waals surface area contributed by atoms with E-state index in [9.17, 15) is 4.79 Å². The summed E-state index contributed by atoms with van der Waals surface area (Å²) in [5.41, 5.74) is 1.76. The van der Waals surface area contributed by atoms with E-state index in [4.69, 9.17) is 16.0 Å². The van der Waals surface area contributed by atoms with Crippen molar-refractivity contribution in [2.45, 2.75) is 18.9 Å². The molecule has 1 aliphatic rings. The summed E-state index contributed by atoms with van der Waals surface area (Å²) < 4.78 is 5.78. The molecule has 1 N–H and O–H groups in total. The Morgan fingerprint density at radius 2 is 2.16 bits per heavy atom. The van der Waals surface area contributed by atoms with Crippen LogP contribution in [0.3, 0.4) is 0 Å². The van der Waals surface area contributed by atoms with Gasteiger partial charge in [0.1, 0.15) is 0 Å². The van der Waals surface area contributed by atoms with Gasteiger partial charge in [-0.05, 0) is 37.1 Å². The molecular formula is C18H17ClN4O2. The number of aromatic nitrogens is 2. The number of hydrogen-bond donors (Lipinski definition) is 1. The van der Waals surface area contributed by atoms with Crippen LogP contribution in [0.5, 0.6) is 0 Å². The Morgan fingerprint density at radius 1 is 1.28 bits per heavy atom. The number of nitrogens with zero attached hydrogens (tertiary/aromatic N) is 3. The third-order valence-electron chi connectivity index (χ3n) is 4.30. The number of benzene rings is 1. The molecule has 1 unspecified atom stereocenters. The number of hydrogen-bond acceptors (Lipinski definition) is 5. The summed E-state index contributed by atoms with van der Waals surface area (Å²) in [5, 5.41) is 3.52. The van der Waals surface area contributed by atoms with Gasteiger partial charge in [0.05, 0.1) is 10.6 Å². The maximum absolute atomic E-state index is 12.5. The Kier molecular flexibility index (Phi) is 4.28. The van der Waals surface area contributed by atoms with Crippen LogP contribution in [-0.2, 0) is 0 Å². The number of oxazole rings is 1. The van der Waals surface area contributed by atoms with E-state index in [1.165, 1.54) is 0 Å². The average Bonchev–Trinajstić information content (AvgIpc) is 3.06. The van der Waals surface area contributed by atoms with Gasteiger partial charge < -0.3 is 14.6 Å². The molecule has 1 aromatic carbocycles. The van der Waals surface area contributed by atoms with Gasteiger partial charge in [-0.3, -0.25) is 4.79 Å². The number of carbonyl (C=O) groups is 1. The molecule has 0 spiro atoms. The minimum absolute atomic E-state index is 0.0143. The van der Waals surface area contributed by atoms with Crippen molar-refractivity contribution in [3.63, 3.8) is 0 Å². The predicted octanol–water partition coefficient (Wildman–Crippen LogP) is 3.28. The molecule has 1 fully saturated rings. The molecule has 0 bridgehead atoms.